The van der Waals surface area contributed by atoms with Crippen molar-refractivity contribution in [2.24, 2.45) is 11.3 Å². The number of benzene rings is 1. The van der Waals surface area contributed by atoms with Gasteiger partial charge in [0.2, 0.25) is 0 Å². The van der Waals surface area contributed by atoms with Gasteiger partial charge in [-0.25, -0.2) is 0 Å². The van der Waals surface area contributed by atoms with Crippen LogP contribution < -0.4 is 5.32 Å². The smallest absolute Gasteiger partial charge is 0.261 e. The number of nitrogens with zero attached hydrogens (tertiary/aromatic N) is 1. The lowest BCUT2D eigenvalue weighted by atomic mass is 9.58. The van der Waals surface area contributed by atoms with E-state index in [-0.39, 0.29) is 47.4 Å². The molecule has 1 aromatic heterocycles. The molecular weight excluding hydrogens is 372 g/mol. The highest BCUT2D eigenvalue weighted by Gasteiger charge is 2.55. The fourth-order valence-corrected chi connectivity index (χ4v) is 4.78. The molecule has 3 amide bonds. The van der Waals surface area contributed by atoms with Gasteiger partial charge >= 0.3 is 0 Å². The lowest BCUT2D eigenvalue weighted by molar-refractivity contribution is -0.141. The van der Waals surface area contributed by atoms with Crippen LogP contribution in [0.5, 0.6) is 0 Å². The van der Waals surface area contributed by atoms with Crippen molar-refractivity contribution in [1.82, 2.24) is 10.2 Å². The normalized spacial score (nSPS) is 25.0. The summed E-state index contributed by atoms with van der Waals surface area (Å²) in [5.74, 6) is -0.373. The van der Waals surface area contributed by atoms with E-state index in [0.29, 0.717) is 16.9 Å². The Labute approximate surface area is 169 Å². The van der Waals surface area contributed by atoms with Gasteiger partial charge in [-0.05, 0) is 30.3 Å². The first kappa shape index (κ1) is 19.4. The second-order valence-electron chi connectivity index (χ2n) is 8.32. The lowest BCUT2D eigenvalue weighted by Crippen LogP contribution is -2.67. The number of rotatable bonds is 5. The molecule has 3 atom stereocenters. The van der Waals surface area contributed by atoms with E-state index in [1.54, 1.807) is 31.4 Å². The summed E-state index contributed by atoms with van der Waals surface area (Å²) in [6.45, 7) is 6.22. The highest BCUT2D eigenvalue weighted by atomic mass is 16.5. The van der Waals surface area contributed by atoms with Crippen LogP contribution in [0.25, 0.3) is 0 Å². The average Bonchev–Trinajstić information content (AvgIpc) is 3.29. The number of hydrogen-bond donors (Lipinski definition) is 1. The zero-order valence-corrected chi connectivity index (χ0v) is 16.9. The van der Waals surface area contributed by atoms with E-state index < -0.39 is 5.91 Å². The Bertz CT molecular complexity index is 979. The summed E-state index contributed by atoms with van der Waals surface area (Å²) in [6, 6.07) is 7.99. The van der Waals surface area contributed by atoms with Crippen molar-refractivity contribution in [1.29, 1.82) is 0 Å². The van der Waals surface area contributed by atoms with Gasteiger partial charge in [-0.15, -0.1) is 0 Å². The first-order valence-electron chi connectivity index (χ1n) is 9.62. The first-order valence-corrected chi connectivity index (χ1v) is 9.62. The molecule has 2 aliphatic rings. The molecule has 7 nitrogen and oxygen atoms in total. The molecule has 2 aromatic rings. The number of fused-ring (bicyclic) bond motifs is 1. The van der Waals surface area contributed by atoms with E-state index in [4.69, 9.17) is 9.15 Å². The largest absolute Gasteiger partial charge is 0.467 e. The standard InChI is InChI=1S/C22H24N2O5/c1-12-17(22(2,3)18(12)28-4)23-19(25)13-7-8-15-16(10-13)21(27)24(20(15)26)11-14-6-5-9-29-14/h5-10,12,17-18H,11H2,1-4H3,(H,23,25)/t12-,17-,18-/m1/s1. The highest BCUT2D eigenvalue weighted by Crippen LogP contribution is 2.47. The van der Waals surface area contributed by atoms with Crippen molar-refractivity contribution in [2.45, 2.75) is 39.5 Å². The van der Waals surface area contributed by atoms with E-state index in [2.05, 4.69) is 19.2 Å². The van der Waals surface area contributed by atoms with Gasteiger partial charge in [-0.3, -0.25) is 19.3 Å². The van der Waals surface area contributed by atoms with Gasteiger partial charge in [-0.1, -0.05) is 20.8 Å². The number of nitrogens with one attached hydrogen (secondary N) is 1. The van der Waals surface area contributed by atoms with Gasteiger partial charge in [0.1, 0.15) is 5.76 Å². The van der Waals surface area contributed by atoms with Crippen molar-refractivity contribution in [3.05, 3.63) is 59.0 Å². The summed E-state index contributed by atoms with van der Waals surface area (Å²) in [4.78, 5) is 39.3. The van der Waals surface area contributed by atoms with Gasteiger partial charge in [0.05, 0.1) is 30.0 Å². The molecule has 1 saturated carbocycles. The lowest BCUT2D eigenvalue weighted by Gasteiger charge is -2.56. The van der Waals surface area contributed by atoms with Gasteiger partial charge in [-0.2, -0.15) is 0 Å². The zero-order valence-electron chi connectivity index (χ0n) is 16.9. The van der Waals surface area contributed by atoms with Crippen LogP contribution in [0, 0.1) is 11.3 Å². The zero-order chi connectivity index (χ0) is 20.9. The molecule has 4 rings (SSSR count). The summed E-state index contributed by atoms with van der Waals surface area (Å²) < 4.78 is 10.8. The van der Waals surface area contributed by atoms with Crippen LogP contribution in [0.4, 0.5) is 0 Å². The van der Waals surface area contributed by atoms with E-state index in [9.17, 15) is 14.4 Å². The van der Waals surface area contributed by atoms with Crippen molar-refractivity contribution in [3.8, 4) is 0 Å². The Morgan fingerprint density at radius 2 is 1.93 bits per heavy atom. The number of hydrogen-bond acceptors (Lipinski definition) is 5. The minimum Gasteiger partial charge on any atom is -0.467 e. The molecule has 0 spiro atoms. The summed E-state index contributed by atoms with van der Waals surface area (Å²) in [5, 5.41) is 3.06. The average molecular weight is 396 g/mol. The molecule has 1 fully saturated rings. The molecule has 1 aliphatic heterocycles. The number of ether oxygens (including phenoxy) is 1. The quantitative estimate of drug-likeness (QED) is 0.785. The van der Waals surface area contributed by atoms with Crippen molar-refractivity contribution in [3.63, 3.8) is 0 Å². The van der Waals surface area contributed by atoms with Gasteiger partial charge < -0.3 is 14.5 Å². The third-order valence-electron chi connectivity index (χ3n) is 6.21. The van der Waals surface area contributed by atoms with Crippen molar-refractivity contribution in [2.75, 3.05) is 7.11 Å². The number of amides is 3. The maximum atomic E-state index is 12.8. The van der Waals surface area contributed by atoms with Gasteiger partial charge in [0, 0.05) is 30.0 Å². The Balaban J connectivity index is 1.52. The van der Waals surface area contributed by atoms with E-state index in [1.807, 2.05) is 6.92 Å². The van der Waals surface area contributed by atoms with E-state index in [1.165, 1.54) is 12.3 Å². The molecule has 1 aliphatic carbocycles. The number of carbonyl (C=O) groups is 3. The maximum Gasteiger partial charge on any atom is 0.261 e. The topological polar surface area (TPSA) is 88.8 Å². The third kappa shape index (κ3) is 2.97. The van der Waals surface area contributed by atoms with Crippen LogP contribution in [-0.2, 0) is 11.3 Å². The van der Waals surface area contributed by atoms with Gasteiger partial charge in [0.25, 0.3) is 17.7 Å². The Morgan fingerprint density at radius 1 is 1.21 bits per heavy atom. The molecule has 0 bridgehead atoms. The Hall–Kier alpha value is -2.93. The highest BCUT2D eigenvalue weighted by molar-refractivity contribution is 6.22. The number of furan rings is 1. The van der Waals surface area contributed by atoms with Crippen LogP contribution in [-0.4, -0.2) is 41.9 Å². The monoisotopic (exact) mass is 396 g/mol. The Morgan fingerprint density at radius 3 is 2.55 bits per heavy atom. The third-order valence-corrected chi connectivity index (χ3v) is 6.21. The summed E-state index contributed by atoms with van der Waals surface area (Å²) >= 11 is 0. The van der Waals surface area contributed by atoms with Crippen LogP contribution >= 0.6 is 0 Å². The molecular formula is C22H24N2O5. The molecule has 1 N–H and O–H groups in total. The van der Waals surface area contributed by atoms with E-state index >= 15 is 0 Å². The first-order chi connectivity index (χ1) is 13.8. The minimum absolute atomic E-state index is 0.0408. The predicted octanol–water partition coefficient (Wildman–Crippen LogP) is 2.87. The van der Waals surface area contributed by atoms with Crippen LogP contribution in [0.3, 0.4) is 0 Å². The van der Waals surface area contributed by atoms with Crippen LogP contribution in [0.15, 0.2) is 41.0 Å². The molecule has 2 heterocycles. The molecule has 0 radical (unpaired) electrons. The summed E-state index contributed by atoms with van der Waals surface area (Å²) in [7, 11) is 1.68. The molecule has 0 unspecified atom stereocenters. The maximum absolute atomic E-state index is 12.8. The van der Waals surface area contributed by atoms with Crippen LogP contribution in [0.2, 0.25) is 0 Å². The van der Waals surface area contributed by atoms with Crippen molar-refractivity contribution < 1.29 is 23.5 Å². The fourth-order valence-electron chi connectivity index (χ4n) is 4.78. The molecule has 1 aromatic carbocycles. The summed E-state index contributed by atoms with van der Waals surface area (Å²) in [6.07, 6.45) is 1.56. The second-order valence-corrected chi connectivity index (χ2v) is 8.32. The Kier molecular flexibility index (Phi) is 4.58. The summed E-state index contributed by atoms with van der Waals surface area (Å²) in [5.41, 5.74) is 0.708. The van der Waals surface area contributed by atoms with Crippen molar-refractivity contribution >= 4 is 17.7 Å². The second kappa shape index (κ2) is 6.84. The SMILES string of the molecule is CO[C@@H]1[C@H](C)[C@@H](NC(=O)c2ccc3c(c2)C(=O)N(Cc2ccco2)C3=O)C1(C)C. The fraction of sp³-hybridized carbons (Fsp3) is 0.409. The number of methoxy groups -OCH3 is 1. The minimum atomic E-state index is -0.423. The van der Waals surface area contributed by atoms with Crippen LogP contribution in [0.1, 0.15) is 57.6 Å². The van der Waals surface area contributed by atoms with Gasteiger partial charge in [0.15, 0.2) is 0 Å². The molecule has 7 heteroatoms. The molecule has 152 valence electrons. The van der Waals surface area contributed by atoms with E-state index in [0.717, 1.165) is 4.90 Å². The molecule has 29 heavy (non-hydrogen) atoms. The number of carbonyl (C=O) groups excluding carboxylic acids is 3. The molecule has 0 saturated heterocycles. The predicted molar refractivity (Wildman–Crippen MR) is 104 cm³/mol. The number of imide groups is 1.